The van der Waals surface area contributed by atoms with Gasteiger partial charge in [0, 0.05) is 6.42 Å². The Bertz CT molecular complexity index is 573. The van der Waals surface area contributed by atoms with E-state index in [1.165, 1.54) is 6.08 Å². The van der Waals surface area contributed by atoms with Crippen molar-refractivity contribution < 1.29 is 52.1 Å². The minimum atomic E-state index is -4.67. The maximum Gasteiger partial charge on any atom is 1.00 e. The quantitative estimate of drug-likeness (QED) is 0.300. The summed E-state index contributed by atoms with van der Waals surface area (Å²) in [6, 6.07) is 0. The molecule has 0 atom stereocenters. The Labute approximate surface area is 155 Å². The molecule has 0 amide bonds. The van der Waals surface area contributed by atoms with Crippen molar-refractivity contribution >= 4 is 16.1 Å². The summed E-state index contributed by atoms with van der Waals surface area (Å²) in [6.07, 6.45) is 4.73. The van der Waals surface area contributed by atoms with Crippen molar-refractivity contribution in [2.24, 2.45) is 5.41 Å². The van der Waals surface area contributed by atoms with Gasteiger partial charge in [-0.1, -0.05) is 39.7 Å². The Morgan fingerprint density at radius 1 is 1.36 bits per heavy atom. The van der Waals surface area contributed by atoms with Crippen molar-refractivity contribution in [2.45, 2.75) is 59.8 Å². The molecule has 5 nitrogen and oxygen atoms in total. The molecule has 0 heterocycles. The Kier molecular flexibility index (Phi) is 8.58. The molecule has 0 N–H and O–H groups in total. The number of hydrogen-bond donors (Lipinski definition) is 0. The molecule has 0 aromatic heterocycles. The third-order valence-corrected chi connectivity index (χ3v) is 4.17. The van der Waals surface area contributed by atoms with Crippen molar-refractivity contribution in [3.63, 3.8) is 0 Å². The number of carbonyl (C=O) groups is 1. The number of ether oxygens (including phenoxy) is 1. The first kappa shape index (κ1) is 21.9. The van der Waals surface area contributed by atoms with Crippen LogP contribution < -0.4 is 29.6 Å². The molecule has 120 valence electrons. The van der Waals surface area contributed by atoms with Gasteiger partial charge in [-0.25, -0.2) is 8.42 Å². The Balaban J connectivity index is 0.00000441. The fraction of sp³-hybridized carbons (Fsp3) is 0.667. The second kappa shape index (κ2) is 8.64. The molecule has 1 aliphatic carbocycles. The summed E-state index contributed by atoms with van der Waals surface area (Å²) in [5.41, 5.74) is 0.162. The van der Waals surface area contributed by atoms with Crippen LogP contribution in [0, 0.1) is 5.41 Å². The molecule has 0 aromatic rings. The van der Waals surface area contributed by atoms with Crippen LogP contribution in [0.4, 0.5) is 0 Å². The van der Waals surface area contributed by atoms with Gasteiger partial charge < -0.3 is 9.29 Å². The van der Waals surface area contributed by atoms with Gasteiger partial charge in [0.25, 0.3) is 0 Å². The van der Waals surface area contributed by atoms with Gasteiger partial charge >= 0.3 is 35.5 Å². The zero-order chi connectivity index (χ0) is 16.3. The van der Waals surface area contributed by atoms with E-state index in [2.05, 4.69) is 0 Å². The summed E-state index contributed by atoms with van der Waals surface area (Å²) in [4.78, 5) is 11.4. The number of unbranched alkanes of at least 4 members (excludes halogenated alkanes) is 2. The fourth-order valence-corrected chi connectivity index (χ4v) is 3.36. The first-order valence-electron chi connectivity index (χ1n) is 7.16. The van der Waals surface area contributed by atoms with Gasteiger partial charge in [0.2, 0.25) is 0 Å². The van der Waals surface area contributed by atoms with Crippen LogP contribution in [0.2, 0.25) is 0 Å². The molecule has 1 aliphatic rings. The van der Waals surface area contributed by atoms with Gasteiger partial charge in [0.05, 0.1) is 4.91 Å². The van der Waals surface area contributed by atoms with Crippen molar-refractivity contribution in [3.8, 4) is 0 Å². The molecule has 0 unspecified atom stereocenters. The van der Waals surface area contributed by atoms with Crippen molar-refractivity contribution in [2.75, 3.05) is 0 Å². The van der Waals surface area contributed by atoms with Gasteiger partial charge in [-0.15, -0.1) is 0 Å². The summed E-state index contributed by atoms with van der Waals surface area (Å²) in [7, 11) is -4.67. The molecule has 0 radical (unpaired) electrons. The molecular weight excluding hydrogens is 315 g/mol. The van der Waals surface area contributed by atoms with Crippen LogP contribution in [0.15, 0.2) is 22.3 Å². The van der Waals surface area contributed by atoms with Crippen LogP contribution in [0.5, 0.6) is 0 Å². The first-order valence-corrected chi connectivity index (χ1v) is 8.57. The fourth-order valence-electron chi connectivity index (χ4n) is 2.45. The SMILES string of the molecule is CCCCCC(=O)OC1=C(C)CC(C)(C)C=C1S(=O)(=O)[O-].[Na+]. The summed E-state index contributed by atoms with van der Waals surface area (Å²) in [5.74, 6) is -0.571. The van der Waals surface area contributed by atoms with Gasteiger partial charge in [-0.2, -0.15) is 0 Å². The number of rotatable bonds is 6. The van der Waals surface area contributed by atoms with Crippen LogP contribution >= 0.6 is 0 Å². The smallest absolute Gasteiger partial charge is 0.744 e. The van der Waals surface area contributed by atoms with Crippen LogP contribution in [-0.4, -0.2) is 18.9 Å². The average molecular weight is 338 g/mol. The van der Waals surface area contributed by atoms with E-state index in [4.69, 9.17) is 4.74 Å². The zero-order valence-corrected chi connectivity index (χ0v) is 16.9. The zero-order valence-electron chi connectivity index (χ0n) is 14.1. The maximum atomic E-state index is 11.8. The average Bonchev–Trinajstić information content (AvgIpc) is 2.30. The number of carbonyl (C=O) groups excluding carboxylic acids is 1. The number of allylic oxidation sites excluding steroid dienone is 2. The van der Waals surface area contributed by atoms with Gasteiger partial charge in [0.1, 0.15) is 15.9 Å². The molecular formula is C15H23NaO5S. The molecule has 0 spiro atoms. The molecule has 0 aromatic carbocycles. The van der Waals surface area contributed by atoms with Crippen molar-refractivity contribution in [3.05, 3.63) is 22.3 Å². The minimum absolute atomic E-state index is 0. The molecule has 0 bridgehead atoms. The predicted octanol–water partition coefficient (Wildman–Crippen LogP) is 0.247. The Morgan fingerprint density at radius 2 is 1.95 bits per heavy atom. The maximum absolute atomic E-state index is 11.8. The third kappa shape index (κ3) is 6.54. The monoisotopic (exact) mass is 338 g/mol. The van der Waals surface area contributed by atoms with Crippen molar-refractivity contribution in [1.29, 1.82) is 0 Å². The molecule has 0 saturated carbocycles. The van der Waals surface area contributed by atoms with Gasteiger partial charge in [-0.3, -0.25) is 4.79 Å². The van der Waals surface area contributed by atoms with E-state index in [0.717, 1.165) is 12.8 Å². The Morgan fingerprint density at radius 3 is 2.45 bits per heavy atom. The van der Waals surface area contributed by atoms with E-state index >= 15 is 0 Å². The molecule has 22 heavy (non-hydrogen) atoms. The summed E-state index contributed by atoms with van der Waals surface area (Å²) in [5, 5.41) is 0. The topological polar surface area (TPSA) is 83.5 Å². The van der Waals surface area contributed by atoms with Crippen LogP contribution in [0.1, 0.15) is 59.8 Å². The summed E-state index contributed by atoms with van der Waals surface area (Å²) in [6.45, 7) is 7.38. The molecule has 1 rings (SSSR count). The molecule has 0 saturated heterocycles. The third-order valence-electron chi connectivity index (χ3n) is 3.32. The largest absolute Gasteiger partial charge is 1.00 e. The summed E-state index contributed by atoms with van der Waals surface area (Å²) < 4.78 is 39.4. The van der Waals surface area contributed by atoms with E-state index in [-0.39, 0.29) is 41.7 Å². The first-order chi connectivity index (χ1) is 9.57. The molecule has 0 fully saturated rings. The minimum Gasteiger partial charge on any atom is -0.744 e. The normalized spacial score (nSPS) is 17.6. The molecule has 7 heteroatoms. The van der Waals surface area contributed by atoms with Crippen LogP contribution in [0.25, 0.3) is 0 Å². The van der Waals surface area contributed by atoms with Crippen LogP contribution in [0.3, 0.4) is 0 Å². The number of hydrogen-bond acceptors (Lipinski definition) is 5. The second-order valence-corrected chi connectivity index (χ2v) is 7.52. The summed E-state index contributed by atoms with van der Waals surface area (Å²) >= 11 is 0. The van der Waals surface area contributed by atoms with E-state index < -0.39 is 26.4 Å². The number of esters is 1. The van der Waals surface area contributed by atoms with E-state index in [9.17, 15) is 17.8 Å². The van der Waals surface area contributed by atoms with Crippen molar-refractivity contribution in [1.82, 2.24) is 0 Å². The molecule has 0 aliphatic heterocycles. The second-order valence-electron chi connectivity index (χ2n) is 6.17. The van der Waals surface area contributed by atoms with Gasteiger partial charge in [0.15, 0.2) is 0 Å². The standard InChI is InChI=1S/C15H24O5S.Na/c1-5-6-7-8-13(16)20-14-11(2)9-15(3,4)10-12(14)21(17,18)19;/h10H,5-9H2,1-4H3,(H,17,18,19);/q;+1/p-1. The Hall–Kier alpha value is -0.140. The van der Waals surface area contributed by atoms with Gasteiger partial charge in [-0.05, 0) is 30.8 Å². The van der Waals surface area contributed by atoms with E-state index in [1.807, 2.05) is 20.8 Å². The van der Waals surface area contributed by atoms with E-state index in [0.29, 0.717) is 18.4 Å². The predicted molar refractivity (Wildman–Crippen MR) is 79.1 cm³/mol. The van der Waals surface area contributed by atoms with E-state index in [1.54, 1.807) is 6.92 Å². The van der Waals surface area contributed by atoms with Crippen LogP contribution in [-0.2, 0) is 19.6 Å².